The third-order valence-electron chi connectivity index (χ3n) is 3.30. The standard InChI is InChI=1S/C15H15N3O3S2/c1-9-6-4-5-7-12(9)18-23(19,20)14-8-13(22-10(14)2)15-16-11(3)21-17-15/h4-8,18H,1-3H3. The summed E-state index contributed by atoms with van der Waals surface area (Å²) in [6.07, 6.45) is 0. The van der Waals surface area contributed by atoms with Crippen LogP contribution in [0.5, 0.6) is 0 Å². The number of hydrogen-bond acceptors (Lipinski definition) is 6. The van der Waals surface area contributed by atoms with Crippen molar-refractivity contribution >= 4 is 27.0 Å². The lowest BCUT2D eigenvalue weighted by atomic mass is 10.2. The maximum absolute atomic E-state index is 12.7. The third kappa shape index (κ3) is 3.13. The summed E-state index contributed by atoms with van der Waals surface area (Å²) >= 11 is 1.32. The molecule has 8 heteroatoms. The van der Waals surface area contributed by atoms with Crippen LogP contribution in [0.2, 0.25) is 0 Å². The number of hydrogen-bond donors (Lipinski definition) is 1. The molecule has 0 radical (unpaired) electrons. The Hall–Kier alpha value is -2.19. The van der Waals surface area contributed by atoms with E-state index in [-0.39, 0.29) is 4.90 Å². The van der Waals surface area contributed by atoms with E-state index >= 15 is 0 Å². The summed E-state index contributed by atoms with van der Waals surface area (Å²) in [6.45, 7) is 5.30. The smallest absolute Gasteiger partial charge is 0.263 e. The van der Waals surface area contributed by atoms with Gasteiger partial charge in [-0.1, -0.05) is 23.4 Å². The molecule has 120 valence electrons. The molecule has 0 aliphatic carbocycles. The van der Waals surface area contributed by atoms with Gasteiger partial charge in [0, 0.05) is 11.8 Å². The molecule has 1 N–H and O–H groups in total. The predicted molar refractivity (Wildman–Crippen MR) is 89.1 cm³/mol. The topological polar surface area (TPSA) is 85.1 Å². The van der Waals surface area contributed by atoms with Crippen LogP contribution in [0.1, 0.15) is 16.3 Å². The molecule has 0 spiro atoms. The Bertz CT molecular complexity index is 958. The molecular formula is C15H15N3O3S2. The average molecular weight is 349 g/mol. The number of sulfonamides is 1. The van der Waals surface area contributed by atoms with Gasteiger partial charge in [0.05, 0.1) is 10.6 Å². The van der Waals surface area contributed by atoms with Gasteiger partial charge in [-0.25, -0.2) is 8.42 Å². The number of nitrogens with one attached hydrogen (secondary N) is 1. The van der Waals surface area contributed by atoms with Crippen molar-refractivity contribution in [3.8, 4) is 10.7 Å². The quantitative estimate of drug-likeness (QED) is 0.779. The molecule has 0 saturated heterocycles. The second-order valence-corrected chi connectivity index (χ2v) is 8.00. The van der Waals surface area contributed by atoms with E-state index in [0.29, 0.717) is 27.2 Å². The second kappa shape index (κ2) is 5.78. The minimum atomic E-state index is -3.67. The SMILES string of the molecule is Cc1nc(-c2cc(S(=O)(=O)Nc3ccccc3C)c(C)s2)no1. The minimum Gasteiger partial charge on any atom is -0.339 e. The molecule has 0 unspecified atom stereocenters. The summed E-state index contributed by atoms with van der Waals surface area (Å²) < 4.78 is 32.9. The zero-order chi connectivity index (χ0) is 16.6. The van der Waals surface area contributed by atoms with E-state index in [1.54, 1.807) is 32.0 Å². The zero-order valence-electron chi connectivity index (χ0n) is 12.8. The molecular weight excluding hydrogens is 334 g/mol. The molecule has 3 aromatic rings. The maximum atomic E-state index is 12.7. The third-order valence-corrected chi connectivity index (χ3v) is 5.97. The molecule has 2 aromatic heterocycles. The molecule has 0 atom stereocenters. The molecule has 2 heterocycles. The molecule has 1 aromatic carbocycles. The highest BCUT2D eigenvalue weighted by molar-refractivity contribution is 7.93. The van der Waals surface area contributed by atoms with Crippen LogP contribution in [0.25, 0.3) is 10.7 Å². The van der Waals surface area contributed by atoms with E-state index in [4.69, 9.17) is 4.52 Å². The van der Waals surface area contributed by atoms with Crippen LogP contribution in [0.3, 0.4) is 0 Å². The Kier molecular flexibility index (Phi) is 3.95. The van der Waals surface area contributed by atoms with Crippen molar-refractivity contribution < 1.29 is 12.9 Å². The predicted octanol–water partition coefficient (Wildman–Crippen LogP) is 3.52. The average Bonchev–Trinajstić information content (AvgIpc) is 3.07. The number of rotatable bonds is 4. The van der Waals surface area contributed by atoms with Crippen molar-refractivity contribution in [3.05, 3.63) is 46.7 Å². The van der Waals surface area contributed by atoms with Crippen LogP contribution in [0.4, 0.5) is 5.69 Å². The number of aromatic nitrogens is 2. The maximum Gasteiger partial charge on any atom is 0.263 e. The number of para-hydroxylation sites is 1. The Morgan fingerprint density at radius 3 is 2.57 bits per heavy atom. The molecule has 6 nitrogen and oxygen atoms in total. The van der Waals surface area contributed by atoms with Gasteiger partial charge < -0.3 is 4.52 Å². The monoisotopic (exact) mass is 349 g/mol. The van der Waals surface area contributed by atoms with Crippen molar-refractivity contribution in [1.82, 2.24) is 10.1 Å². The van der Waals surface area contributed by atoms with E-state index in [1.165, 1.54) is 11.3 Å². The highest BCUT2D eigenvalue weighted by Crippen LogP contribution is 2.33. The molecule has 0 bridgehead atoms. The lowest BCUT2D eigenvalue weighted by Gasteiger charge is -2.09. The molecule has 0 fully saturated rings. The van der Waals surface area contributed by atoms with Crippen molar-refractivity contribution in [2.45, 2.75) is 25.7 Å². The number of anilines is 1. The molecule has 0 amide bonds. The van der Waals surface area contributed by atoms with Gasteiger partial charge >= 0.3 is 0 Å². The van der Waals surface area contributed by atoms with Gasteiger partial charge in [0.2, 0.25) is 11.7 Å². The lowest BCUT2D eigenvalue weighted by Crippen LogP contribution is -2.13. The van der Waals surface area contributed by atoms with Crippen LogP contribution in [-0.2, 0) is 10.0 Å². The first-order valence-electron chi connectivity index (χ1n) is 6.86. The van der Waals surface area contributed by atoms with Crippen LogP contribution in [0.15, 0.2) is 39.8 Å². The minimum absolute atomic E-state index is 0.225. The van der Waals surface area contributed by atoms with Crippen LogP contribution in [-0.4, -0.2) is 18.6 Å². The first-order valence-corrected chi connectivity index (χ1v) is 9.16. The second-order valence-electron chi connectivity index (χ2n) is 5.09. The van der Waals surface area contributed by atoms with E-state index in [1.807, 2.05) is 19.1 Å². The van der Waals surface area contributed by atoms with Crippen molar-refractivity contribution in [2.75, 3.05) is 4.72 Å². The van der Waals surface area contributed by atoms with Gasteiger partial charge in [-0.15, -0.1) is 11.3 Å². The normalized spacial score (nSPS) is 11.6. The zero-order valence-corrected chi connectivity index (χ0v) is 14.5. The van der Waals surface area contributed by atoms with Gasteiger partial charge in [0.25, 0.3) is 10.0 Å². The van der Waals surface area contributed by atoms with E-state index in [9.17, 15) is 8.42 Å². The Morgan fingerprint density at radius 1 is 1.17 bits per heavy atom. The fourth-order valence-corrected chi connectivity index (χ4v) is 4.78. The largest absolute Gasteiger partial charge is 0.339 e. The number of benzene rings is 1. The Balaban J connectivity index is 1.97. The summed E-state index contributed by atoms with van der Waals surface area (Å²) in [5, 5.41) is 3.83. The molecule has 3 rings (SSSR count). The Morgan fingerprint density at radius 2 is 1.91 bits per heavy atom. The molecule has 0 saturated carbocycles. The van der Waals surface area contributed by atoms with Gasteiger partial charge in [0.1, 0.15) is 4.90 Å². The van der Waals surface area contributed by atoms with Gasteiger partial charge in [-0.05, 0) is 31.5 Å². The number of nitrogens with zero attached hydrogens (tertiary/aromatic N) is 2. The van der Waals surface area contributed by atoms with Crippen molar-refractivity contribution in [2.24, 2.45) is 0 Å². The molecule has 23 heavy (non-hydrogen) atoms. The molecule has 0 aliphatic rings. The van der Waals surface area contributed by atoms with Crippen LogP contribution in [0, 0.1) is 20.8 Å². The van der Waals surface area contributed by atoms with E-state index in [2.05, 4.69) is 14.9 Å². The van der Waals surface area contributed by atoms with Crippen molar-refractivity contribution in [1.29, 1.82) is 0 Å². The van der Waals surface area contributed by atoms with E-state index < -0.39 is 10.0 Å². The highest BCUT2D eigenvalue weighted by Gasteiger charge is 2.22. The van der Waals surface area contributed by atoms with Crippen LogP contribution >= 0.6 is 11.3 Å². The first kappa shape index (κ1) is 15.7. The summed E-state index contributed by atoms with van der Waals surface area (Å²) in [5.41, 5.74) is 1.42. The van der Waals surface area contributed by atoms with Gasteiger partial charge in [0.15, 0.2) is 0 Å². The lowest BCUT2D eigenvalue weighted by molar-refractivity contribution is 0.394. The van der Waals surface area contributed by atoms with Crippen LogP contribution < -0.4 is 4.72 Å². The summed E-state index contributed by atoms with van der Waals surface area (Å²) in [4.78, 5) is 5.69. The van der Waals surface area contributed by atoms with Gasteiger partial charge in [-0.3, -0.25) is 4.72 Å². The summed E-state index contributed by atoms with van der Waals surface area (Å²) in [5.74, 6) is 0.835. The Labute approximate surface area is 138 Å². The number of thiophene rings is 1. The first-order chi connectivity index (χ1) is 10.9. The van der Waals surface area contributed by atoms with Gasteiger partial charge in [-0.2, -0.15) is 4.98 Å². The molecule has 0 aliphatic heterocycles. The fourth-order valence-electron chi connectivity index (χ4n) is 2.13. The highest BCUT2D eigenvalue weighted by atomic mass is 32.2. The van der Waals surface area contributed by atoms with Crippen molar-refractivity contribution in [3.63, 3.8) is 0 Å². The number of aryl methyl sites for hydroxylation is 3. The summed E-state index contributed by atoms with van der Waals surface area (Å²) in [6, 6.07) is 8.81. The summed E-state index contributed by atoms with van der Waals surface area (Å²) in [7, 11) is -3.67. The fraction of sp³-hybridized carbons (Fsp3) is 0.200. The van der Waals surface area contributed by atoms with E-state index in [0.717, 1.165) is 5.56 Å².